The minimum Gasteiger partial charge on any atom is -0.481 e. The zero-order valence-electron chi connectivity index (χ0n) is 8.65. The van der Waals surface area contributed by atoms with E-state index < -0.39 is 18.4 Å². The summed E-state index contributed by atoms with van der Waals surface area (Å²) >= 11 is 0. The van der Waals surface area contributed by atoms with E-state index in [1.807, 2.05) is 5.32 Å². The summed E-state index contributed by atoms with van der Waals surface area (Å²) in [5.41, 5.74) is 0. The summed E-state index contributed by atoms with van der Waals surface area (Å²) in [7, 11) is 0. The minimum atomic E-state index is -1.09. The predicted molar refractivity (Wildman–Crippen MR) is 53.6 cm³/mol. The average molecular weight is 228 g/mol. The van der Waals surface area contributed by atoms with Crippen LogP contribution in [0.1, 0.15) is 13.3 Å². The molecule has 7 nitrogen and oxygen atoms in total. The molecule has 7 heteroatoms. The van der Waals surface area contributed by atoms with Crippen molar-refractivity contribution in [3.63, 3.8) is 0 Å². The number of carbonyl (C=O) groups excluding carboxylic acids is 3. The molecule has 1 aliphatic heterocycles. The quantitative estimate of drug-likeness (QED) is 0.340. The highest BCUT2D eigenvalue weighted by Crippen LogP contribution is 1.84. The standard InChI is InChI=1S/C6H8O3.C3H4N2O2/c1-2-3-5(7)4-6(8)9;6-2-1-4-3(7)5-2/h2-3H,4H2,1H3,(H,8,9);1H2,(H2,4,5,6,7)/b3-2+;. The van der Waals surface area contributed by atoms with Gasteiger partial charge in [-0.2, -0.15) is 0 Å². The van der Waals surface area contributed by atoms with Crippen molar-refractivity contribution in [1.29, 1.82) is 0 Å². The van der Waals surface area contributed by atoms with Crippen LogP contribution in [0, 0.1) is 0 Å². The molecule has 1 rings (SSSR count). The predicted octanol–water partition coefficient (Wildman–Crippen LogP) is -0.568. The number of hydrogen-bond donors (Lipinski definition) is 3. The molecule has 0 aromatic carbocycles. The lowest BCUT2D eigenvalue weighted by Crippen LogP contribution is -2.22. The van der Waals surface area contributed by atoms with Gasteiger partial charge in [-0.05, 0) is 13.0 Å². The molecule has 3 N–H and O–H groups in total. The number of aliphatic carboxylic acids is 1. The number of carboxylic acids is 1. The summed E-state index contributed by atoms with van der Waals surface area (Å²) < 4.78 is 0. The first-order valence-electron chi connectivity index (χ1n) is 4.40. The summed E-state index contributed by atoms with van der Waals surface area (Å²) in [5.74, 6) is -1.71. The second-order valence-electron chi connectivity index (χ2n) is 2.77. The zero-order valence-corrected chi connectivity index (χ0v) is 8.65. The summed E-state index contributed by atoms with van der Waals surface area (Å²) in [6.07, 6.45) is 2.35. The van der Waals surface area contributed by atoms with E-state index in [2.05, 4.69) is 5.32 Å². The molecule has 88 valence electrons. The highest BCUT2D eigenvalue weighted by atomic mass is 16.4. The number of hydrogen-bond acceptors (Lipinski definition) is 4. The second kappa shape index (κ2) is 7.16. The van der Waals surface area contributed by atoms with Gasteiger partial charge >= 0.3 is 12.0 Å². The van der Waals surface area contributed by atoms with Crippen molar-refractivity contribution in [1.82, 2.24) is 10.6 Å². The molecule has 0 atom stereocenters. The smallest absolute Gasteiger partial charge is 0.321 e. The molecule has 0 bridgehead atoms. The molecule has 0 saturated carbocycles. The second-order valence-corrected chi connectivity index (χ2v) is 2.77. The van der Waals surface area contributed by atoms with E-state index in [1.54, 1.807) is 6.92 Å². The molecular weight excluding hydrogens is 216 g/mol. The maximum absolute atomic E-state index is 10.4. The van der Waals surface area contributed by atoms with Crippen molar-refractivity contribution in [3.05, 3.63) is 12.2 Å². The number of urea groups is 1. The van der Waals surface area contributed by atoms with Gasteiger partial charge in [0.25, 0.3) is 0 Å². The van der Waals surface area contributed by atoms with E-state index in [9.17, 15) is 19.2 Å². The van der Waals surface area contributed by atoms with Crippen LogP contribution >= 0.6 is 0 Å². The normalized spacial score (nSPS) is 13.8. The van der Waals surface area contributed by atoms with Crippen LogP contribution in [-0.2, 0) is 14.4 Å². The number of nitrogens with one attached hydrogen (secondary N) is 2. The van der Waals surface area contributed by atoms with Gasteiger partial charge in [0.1, 0.15) is 6.42 Å². The van der Waals surface area contributed by atoms with Crippen LogP contribution in [0.2, 0.25) is 0 Å². The molecular formula is C9H12N2O5. The van der Waals surface area contributed by atoms with Crippen LogP contribution in [0.5, 0.6) is 0 Å². The van der Waals surface area contributed by atoms with Gasteiger partial charge in [0.15, 0.2) is 5.78 Å². The molecule has 0 radical (unpaired) electrons. The van der Waals surface area contributed by atoms with Gasteiger partial charge in [0.05, 0.1) is 6.54 Å². The molecule has 1 fully saturated rings. The molecule has 1 saturated heterocycles. The van der Waals surface area contributed by atoms with E-state index in [0.717, 1.165) is 0 Å². The molecule has 0 aliphatic carbocycles. The van der Waals surface area contributed by atoms with Crippen molar-refractivity contribution in [3.8, 4) is 0 Å². The van der Waals surface area contributed by atoms with E-state index in [4.69, 9.17) is 5.11 Å². The van der Waals surface area contributed by atoms with Crippen LogP contribution in [0.3, 0.4) is 0 Å². The van der Waals surface area contributed by atoms with Gasteiger partial charge in [-0.25, -0.2) is 4.79 Å². The van der Waals surface area contributed by atoms with Crippen molar-refractivity contribution in [2.45, 2.75) is 13.3 Å². The van der Waals surface area contributed by atoms with Crippen molar-refractivity contribution >= 4 is 23.7 Å². The molecule has 0 aromatic heterocycles. The van der Waals surface area contributed by atoms with Gasteiger partial charge < -0.3 is 10.4 Å². The van der Waals surface area contributed by atoms with Crippen LogP contribution in [0.4, 0.5) is 4.79 Å². The molecule has 1 aliphatic rings. The fourth-order valence-corrected chi connectivity index (χ4v) is 0.769. The van der Waals surface area contributed by atoms with E-state index in [1.165, 1.54) is 12.2 Å². The van der Waals surface area contributed by atoms with Gasteiger partial charge in [-0.15, -0.1) is 0 Å². The molecule has 3 amide bonds. The Bertz CT molecular complexity index is 321. The summed E-state index contributed by atoms with van der Waals surface area (Å²) in [6, 6.07) is -0.398. The van der Waals surface area contributed by atoms with Gasteiger partial charge in [-0.3, -0.25) is 19.7 Å². The Kier molecular flexibility index (Phi) is 6.18. The van der Waals surface area contributed by atoms with Crippen molar-refractivity contribution < 1.29 is 24.3 Å². The lowest BCUT2D eigenvalue weighted by atomic mass is 10.3. The van der Waals surface area contributed by atoms with Crippen LogP contribution in [0.15, 0.2) is 12.2 Å². The Morgan fingerprint density at radius 1 is 1.44 bits per heavy atom. The first-order chi connectivity index (χ1) is 7.45. The van der Waals surface area contributed by atoms with Gasteiger partial charge in [0, 0.05) is 0 Å². The topological polar surface area (TPSA) is 113 Å². The lowest BCUT2D eigenvalue weighted by Gasteiger charge is -1.84. The summed E-state index contributed by atoms with van der Waals surface area (Å²) in [6.45, 7) is 1.79. The first kappa shape index (κ1) is 13.8. The third-order valence-corrected chi connectivity index (χ3v) is 1.34. The van der Waals surface area contributed by atoms with Crippen molar-refractivity contribution in [2.24, 2.45) is 0 Å². The molecule has 0 unspecified atom stereocenters. The fourth-order valence-electron chi connectivity index (χ4n) is 0.769. The SMILES string of the molecule is C/C=C/C(=O)CC(=O)O.O=C1CNC(=O)N1. The maximum atomic E-state index is 10.4. The first-order valence-corrected chi connectivity index (χ1v) is 4.40. The number of carbonyl (C=O) groups is 4. The van der Waals surface area contributed by atoms with Crippen molar-refractivity contribution in [2.75, 3.05) is 6.54 Å². The molecule has 0 aromatic rings. The number of ketones is 1. The third kappa shape index (κ3) is 7.25. The average Bonchev–Trinajstić information content (AvgIpc) is 2.50. The zero-order chi connectivity index (χ0) is 12.6. The Morgan fingerprint density at radius 2 is 2.06 bits per heavy atom. The van der Waals surface area contributed by atoms with Gasteiger partial charge in [-0.1, -0.05) is 6.08 Å². The van der Waals surface area contributed by atoms with E-state index in [0.29, 0.717) is 0 Å². The number of imide groups is 1. The number of carboxylic acid groups (broad SMARTS) is 1. The number of rotatable bonds is 3. The largest absolute Gasteiger partial charge is 0.481 e. The summed E-state index contributed by atoms with van der Waals surface area (Å²) in [4.78, 5) is 40.3. The maximum Gasteiger partial charge on any atom is 0.321 e. The number of allylic oxidation sites excluding steroid dienone is 2. The fraction of sp³-hybridized carbons (Fsp3) is 0.333. The highest BCUT2D eigenvalue weighted by molar-refractivity contribution is 6.02. The molecule has 0 spiro atoms. The van der Waals surface area contributed by atoms with Gasteiger partial charge in [0.2, 0.25) is 5.91 Å². The highest BCUT2D eigenvalue weighted by Gasteiger charge is 2.14. The monoisotopic (exact) mass is 228 g/mol. The third-order valence-electron chi connectivity index (χ3n) is 1.34. The van der Waals surface area contributed by atoms with Crippen LogP contribution < -0.4 is 10.6 Å². The lowest BCUT2D eigenvalue weighted by molar-refractivity contribution is -0.139. The van der Waals surface area contributed by atoms with E-state index >= 15 is 0 Å². The minimum absolute atomic E-state index is 0.124. The molecule has 16 heavy (non-hydrogen) atoms. The Balaban J connectivity index is 0.000000288. The van der Waals surface area contributed by atoms with E-state index in [-0.39, 0.29) is 18.2 Å². The Morgan fingerprint density at radius 3 is 2.31 bits per heavy atom. The summed E-state index contributed by atoms with van der Waals surface area (Å²) in [5, 5.41) is 12.4. The van der Waals surface area contributed by atoms with Crippen LogP contribution in [0.25, 0.3) is 0 Å². The molecule has 1 heterocycles. The Hall–Kier alpha value is -2.18. The van der Waals surface area contributed by atoms with Crippen LogP contribution in [-0.4, -0.2) is 35.3 Å². The number of amides is 3. The Labute approximate surface area is 91.5 Å².